The van der Waals surface area contributed by atoms with Gasteiger partial charge in [0.2, 0.25) is 5.91 Å². The predicted molar refractivity (Wildman–Crippen MR) is 96.5 cm³/mol. The van der Waals surface area contributed by atoms with E-state index in [-0.39, 0.29) is 11.9 Å². The van der Waals surface area contributed by atoms with Crippen LogP contribution in [0.3, 0.4) is 0 Å². The zero-order valence-electron chi connectivity index (χ0n) is 14.8. The lowest BCUT2D eigenvalue weighted by Gasteiger charge is -2.32. The minimum Gasteiger partial charge on any atom is -0.352 e. The van der Waals surface area contributed by atoms with E-state index in [2.05, 4.69) is 29.3 Å². The highest BCUT2D eigenvalue weighted by molar-refractivity contribution is 5.83. The molecule has 4 rings (SSSR count). The van der Waals surface area contributed by atoms with Gasteiger partial charge in [-0.05, 0) is 75.4 Å². The van der Waals surface area contributed by atoms with Crippen LogP contribution in [0.1, 0.15) is 57.1 Å². The number of nitrogens with one attached hydrogen (secondary N) is 1. The van der Waals surface area contributed by atoms with E-state index in [0.717, 1.165) is 30.5 Å². The number of benzene rings is 1. The normalized spacial score (nSPS) is 32.0. The van der Waals surface area contributed by atoms with Gasteiger partial charge < -0.3 is 5.32 Å². The number of rotatable bonds is 5. The highest BCUT2D eigenvalue weighted by Gasteiger charge is 2.42. The zero-order chi connectivity index (χ0) is 16.5. The monoisotopic (exact) mass is 326 g/mol. The smallest absolute Gasteiger partial charge is 0.242 e. The minimum atomic E-state index is -0.116. The van der Waals surface area contributed by atoms with Gasteiger partial charge in [0, 0.05) is 6.04 Å². The van der Waals surface area contributed by atoms with Crippen molar-refractivity contribution < 1.29 is 4.79 Å². The molecule has 5 atom stereocenters. The fourth-order valence-electron chi connectivity index (χ4n) is 5.48. The number of hydrogen-bond donors (Lipinski definition) is 1. The Kier molecular flexibility index (Phi) is 4.62. The van der Waals surface area contributed by atoms with Crippen molar-refractivity contribution in [2.24, 2.45) is 17.8 Å². The molecule has 1 aromatic rings. The number of carbonyl (C=O) groups is 1. The lowest BCUT2D eigenvalue weighted by Crippen LogP contribution is -2.46. The summed E-state index contributed by atoms with van der Waals surface area (Å²) in [6.07, 6.45) is 7.94. The standard InChI is InChI=1S/C21H30N2O/c1-15(19-14-16-9-10-18(19)13-16)22-21(24)20(23-11-5-6-12-23)17-7-3-2-4-8-17/h2-4,7-8,15-16,18-20H,5-6,9-14H2,1H3,(H,22,24). The molecule has 130 valence electrons. The van der Waals surface area contributed by atoms with Crippen LogP contribution < -0.4 is 5.32 Å². The van der Waals surface area contributed by atoms with Gasteiger partial charge in [0.15, 0.2) is 0 Å². The number of hydrogen-bond acceptors (Lipinski definition) is 2. The van der Waals surface area contributed by atoms with E-state index in [0.29, 0.717) is 12.0 Å². The number of fused-ring (bicyclic) bond motifs is 2. The summed E-state index contributed by atoms with van der Waals surface area (Å²) in [5, 5.41) is 3.40. The van der Waals surface area contributed by atoms with Gasteiger partial charge in [-0.1, -0.05) is 36.8 Å². The van der Waals surface area contributed by atoms with Crippen LogP contribution in [0.25, 0.3) is 0 Å². The van der Waals surface area contributed by atoms with Crippen molar-refractivity contribution in [3.05, 3.63) is 35.9 Å². The van der Waals surface area contributed by atoms with Crippen molar-refractivity contribution >= 4 is 5.91 Å². The maximum absolute atomic E-state index is 13.2. The summed E-state index contributed by atoms with van der Waals surface area (Å²) in [7, 11) is 0. The number of nitrogens with zero attached hydrogens (tertiary/aromatic N) is 1. The maximum atomic E-state index is 13.2. The predicted octanol–water partition coefficient (Wildman–Crippen LogP) is 3.76. The summed E-state index contributed by atoms with van der Waals surface area (Å²) in [6, 6.07) is 10.5. The van der Waals surface area contributed by atoms with Gasteiger partial charge in [0.25, 0.3) is 0 Å². The van der Waals surface area contributed by atoms with Crippen molar-refractivity contribution in [3.8, 4) is 0 Å². The van der Waals surface area contributed by atoms with E-state index >= 15 is 0 Å². The molecule has 0 radical (unpaired) electrons. The molecule has 2 bridgehead atoms. The molecule has 1 aliphatic heterocycles. The molecule has 3 nitrogen and oxygen atoms in total. The lowest BCUT2D eigenvalue weighted by atomic mass is 9.84. The highest BCUT2D eigenvalue weighted by Crippen LogP contribution is 2.49. The molecular formula is C21H30N2O. The first-order chi connectivity index (χ1) is 11.7. The highest BCUT2D eigenvalue weighted by atomic mass is 16.2. The Balaban J connectivity index is 1.47. The molecule has 0 spiro atoms. The summed E-state index contributed by atoms with van der Waals surface area (Å²) in [4.78, 5) is 15.5. The Morgan fingerprint density at radius 2 is 1.88 bits per heavy atom. The second-order valence-corrected chi connectivity index (χ2v) is 8.19. The third kappa shape index (κ3) is 3.11. The van der Waals surface area contributed by atoms with Crippen LogP contribution in [0.15, 0.2) is 30.3 Å². The molecule has 3 aliphatic rings. The van der Waals surface area contributed by atoms with Gasteiger partial charge in [-0.3, -0.25) is 9.69 Å². The van der Waals surface area contributed by atoms with Gasteiger partial charge in [-0.15, -0.1) is 0 Å². The van der Waals surface area contributed by atoms with Crippen molar-refractivity contribution in [1.29, 1.82) is 0 Å². The number of likely N-dealkylation sites (tertiary alicyclic amines) is 1. The van der Waals surface area contributed by atoms with Crippen LogP contribution in [-0.2, 0) is 4.79 Å². The van der Waals surface area contributed by atoms with E-state index < -0.39 is 0 Å². The molecule has 1 amide bonds. The molecule has 5 unspecified atom stereocenters. The molecule has 0 aromatic heterocycles. The molecule has 1 N–H and O–H groups in total. The van der Waals surface area contributed by atoms with E-state index in [1.165, 1.54) is 38.5 Å². The Labute approximate surface area is 145 Å². The van der Waals surface area contributed by atoms with Crippen molar-refractivity contribution in [2.75, 3.05) is 13.1 Å². The van der Waals surface area contributed by atoms with Crippen LogP contribution in [0.2, 0.25) is 0 Å². The van der Waals surface area contributed by atoms with Crippen LogP contribution in [-0.4, -0.2) is 29.9 Å². The average molecular weight is 326 g/mol. The van der Waals surface area contributed by atoms with Crippen LogP contribution in [0, 0.1) is 17.8 Å². The molecule has 3 heteroatoms. The average Bonchev–Trinajstić information content (AvgIpc) is 3.34. The van der Waals surface area contributed by atoms with Gasteiger partial charge >= 0.3 is 0 Å². The fraction of sp³-hybridized carbons (Fsp3) is 0.667. The van der Waals surface area contributed by atoms with E-state index in [9.17, 15) is 4.79 Å². The van der Waals surface area contributed by atoms with Gasteiger partial charge in [0.05, 0.1) is 0 Å². The third-order valence-electron chi connectivity index (χ3n) is 6.67. The van der Waals surface area contributed by atoms with E-state index in [1.807, 2.05) is 18.2 Å². The van der Waals surface area contributed by atoms with Crippen molar-refractivity contribution in [3.63, 3.8) is 0 Å². The van der Waals surface area contributed by atoms with Crippen LogP contribution in [0.5, 0.6) is 0 Å². The molecule has 2 saturated carbocycles. The quantitative estimate of drug-likeness (QED) is 0.893. The van der Waals surface area contributed by atoms with Crippen LogP contribution in [0.4, 0.5) is 0 Å². The summed E-state index contributed by atoms with van der Waals surface area (Å²) in [6.45, 7) is 4.31. The summed E-state index contributed by atoms with van der Waals surface area (Å²) < 4.78 is 0. The molecule has 24 heavy (non-hydrogen) atoms. The van der Waals surface area contributed by atoms with Gasteiger partial charge in [-0.2, -0.15) is 0 Å². The first-order valence-electron chi connectivity index (χ1n) is 9.81. The molecule has 2 aliphatic carbocycles. The fourth-order valence-corrected chi connectivity index (χ4v) is 5.48. The second kappa shape index (κ2) is 6.87. The first-order valence-corrected chi connectivity index (χ1v) is 9.81. The Morgan fingerprint density at radius 1 is 1.12 bits per heavy atom. The molecule has 1 aromatic carbocycles. The minimum absolute atomic E-state index is 0.116. The molecular weight excluding hydrogens is 296 g/mol. The zero-order valence-corrected chi connectivity index (χ0v) is 14.8. The summed E-state index contributed by atoms with van der Waals surface area (Å²) in [5.41, 5.74) is 1.14. The first kappa shape index (κ1) is 16.1. The van der Waals surface area contributed by atoms with Crippen molar-refractivity contribution in [2.45, 2.75) is 57.5 Å². The van der Waals surface area contributed by atoms with Crippen molar-refractivity contribution in [1.82, 2.24) is 10.2 Å². The molecule has 3 fully saturated rings. The van der Waals surface area contributed by atoms with Gasteiger partial charge in [-0.25, -0.2) is 0 Å². The van der Waals surface area contributed by atoms with E-state index in [1.54, 1.807) is 0 Å². The topological polar surface area (TPSA) is 32.3 Å². The van der Waals surface area contributed by atoms with E-state index in [4.69, 9.17) is 0 Å². The Morgan fingerprint density at radius 3 is 2.50 bits per heavy atom. The number of amides is 1. The second-order valence-electron chi connectivity index (χ2n) is 8.19. The van der Waals surface area contributed by atoms with Gasteiger partial charge in [0.1, 0.15) is 6.04 Å². The maximum Gasteiger partial charge on any atom is 0.242 e. The SMILES string of the molecule is CC(NC(=O)C(c1ccccc1)N1CCCC1)C1CC2CCC1C2. The lowest BCUT2D eigenvalue weighted by molar-refractivity contribution is -0.127. The Hall–Kier alpha value is -1.35. The third-order valence-corrected chi connectivity index (χ3v) is 6.67. The molecule has 1 heterocycles. The largest absolute Gasteiger partial charge is 0.352 e. The number of carbonyl (C=O) groups excluding carboxylic acids is 1. The Bertz CT molecular complexity index is 566. The molecule has 1 saturated heterocycles. The van der Waals surface area contributed by atoms with Crippen LogP contribution >= 0.6 is 0 Å². The summed E-state index contributed by atoms with van der Waals surface area (Å²) >= 11 is 0. The summed E-state index contributed by atoms with van der Waals surface area (Å²) in [5.74, 6) is 2.69.